The van der Waals surface area contributed by atoms with Gasteiger partial charge in [0.05, 0.1) is 11.1 Å². The lowest BCUT2D eigenvalue weighted by molar-refractivity contribution is -0.165. The largest absolute Gasteiger partial charge is 0.454 e. The van der Waals surface area contributed by atoms with Crippen LogP contribution in [0.15, 0.2) is 30.0 Å². The molecule has 0 atom stereocenters. The molecule has 0 saturated carbocycles. The zero-order valence-electron chi connectivity index (χ0n) is 11.6. The monoisotopic (exact) mass is 365 g/mol. The quantitative estimate of drug-likeness (QED) is 0.591. The second-order valence-electron chi connectivity index (χ2n) is 4.61. The number of allylic oxidation sites excluding steroid dienone is 2. The van der Waals surface area contributed by atoms with Crippen molar-refractivity contribution < 1.29 is 44.3 Å². The van der Waals surface area contributed by atoms with Crippen LogP contribution >= 0.6 is 0 Å². The molecule has 0 unspecified atom stereocenters. The highest BCUT2D eigenvalue weighted by Crippen LogP contribution is 2.37. The second kappa shape index (κ2) is 6.36. The van der Waals surface area contributed by atoms with Gasteiger partial charge in [0, 0.05) is 17.5 Å². The van der Waals surface area contributed by atoms with Crippen LogP contribution in [0.25, 0.3) is 0 Å². The third kappa shape index (κ3) is 5.46. The first-order valence-corrected chi connectivity index (χ1v) is 5.96. The van der Waals surface area contributed by atoms with E-state index >= 15 is 0 Å². The zero-order chi connectivity index (χ0) is 18.9. The molecule has 0 aromatic heterocycles. The molecule has 24 heavy (non-hydrogen) atoms. The normalized spacial score (nSPS) is 13.8. The van der Waals surface area contributed by atoms with Crippen molar-refractivity contribution in [2.24, 2.45) is 0 Å². The molecule has 0 aliphatic rings. The van der Waals surface area contributed by atoms with Crippen LogP contribution in [-0.2, 0) is 17.1 Å². The van der Waals surface area contributed by atoms with Crippen molar-refractivity contribution in [3.05, 3.63) is 41.1 Å². The Morgan fingerprint density at radius 2 is 1.29 bits per heavy atom. The number of anilines is 1. The van der Waals surface area contributed by atoms with Crippen molar-refractivity contribution in [3.63, 3.8) is 0 Å². The van der Waals surface area contributed by atoms with E-state index in [0.717, 1.165) is 6.92 Å². The lowest BCUT2D eigenvalue weighted by Gasteiger charge is -2.15. The molecule has 0 fully saturated rings. The van der Waals surface area contributed by atoms with E-state index in [0.29, 0.717) is 0 Å². The number of carbonyl (C=O) groups is 1. The molecule has 134 valence electrons. The number of carbonyl (C=O) groups excluding carboxylic acids is 1. The fourth-order valence-electron chi connectivity index (χ4n) is 1.57. The van der Waals surface area contributed by atoms with Gasteiger partial charge in [-0.2, -0.15) is 39.5 Å². The molecule has 0 aliphatic heterocycles. The summed E-state index contributed by atoms with van der Waals surface area (Å²) in [5.74, 6) is -2.31. The summed E-state index contributed by atoms with van der Waals surface area (Å²) in [6.45, 7) is 0.886. The van der Waals surface area contributed by atoms with Crippen molar-refractivity contribution in [1.82, 2.24) is 0 Å². The third-order valence-electron chi connectivity index (χ3n) is 2.56. The highest BCUT2D eigenvalue weighted by molar-refractivity contribution is 5.95. The van der Waals surface area contributed by atoms with Crippen LogP contribution < -0.4 is 5.32 Å². The van der Waals surface area contributed by atoms with Gasteiger partial charge in [0.1, 0.15) is 0 Å². The summed E-state index contributed by atoms with van der Waals surface area (Å²) >= 11 is 0. The lowest BCUT2D eigenvalue weighted by Crippen LogP contribution is -2.21. The standard InChI is InChI=1S/C13H8F9NO/c1-6(2-10(24)13(20,21)22)23-9-4-7(11(14,15)16)3-8(5-9)12(17,18)19/h2-5,23H,1H3/b6-2-. The molecule has 2 nitrogen and oxygen atoms in total. The first-order valence-electron chi connectivity index (χ1n) is 5.96. The average Bonchev–Trinajstić information content (AvgIpc) is 2.34. The summed E-state index contributed by atoms with van der Waals surface area (Å²) < 4.78 is 112. The molecular weight excluding hydrogens is 357 g/mol. The summed E-state index contributed by atoms with van der Waals surface area (Å²) in [5, 5.41) is 1.91. The Morgan fingerprint density at radius 3 is 1.62 bits per heavy atom. The molecule has 0 spiro atoms. The maximum absolute atomic E-state index is 12.6. The minimum Gasteiger partial charge on any atom is -0.359 e. The molecule has 11 heteroatoms. The number of hydrogen-bond donors (Lipinski definition) is 1. The Labute approximate surface area is 128 Å². The van der Waals surface area contributed by atoms with Crippen molar-refractivity contribution in [3.8, 4) is 0 Å². The fraction of sp³-hybridized carbons (Fsp3) is 0.308. The Hall–Kier alpha value is -2.20. The number of hydrogen-bond acceptors (Lipinski definition) is 2. The molecule has 0 saturated heterocycles. The van der Waals surface area contributed by atoms with Gasteiger partial charge in [-0.15, -0.1) is 0 Å². The van der Waals surface area contributed by atoms with Crippen LogP contribution in [0.5, 0.6) is 0 Å². The first-order chi connectivity index (χ1) is 10.6. The Balaban J connectivity index is 3.25. The van der Waals surface area contributed by atoms with E-state index in [1.54, 1.807) is 0 Å². The molecule has 1 rings (SSSR count). The topological polar surface area (TPSA) is 29.1 Å². The number of ketones is 1. The molecule has 1 aromatic carbocycles. The van der Waals surface area contributed by atoms with Crippen LogP contribution in [0.1, 0.15) is 18.1 Å². The Bertz CT molecular complexity index is 621. The predicted molar refractivity (Wildman–Crippen MR) is 64.9 cm³/mol. The highest BCUT2D eigenvalue weighted by Gasteiger charge is 2.38. The van der Waals surface area contributed by atoms with Gasteiger partial charge in [0.25, 0.3) is 5.78 Å². The maximum atomic E-state index is 12.6. The Morgan fingerprint density at radius 1 is 0.875 bits per heavy atom. The van der Waals surface area contributed by atoms with Crippen molar-refractivity contribution >= 4 is 11.5 Å². The van der Waals surface area contributed by atoms with Gasteiger partial charge in [-0.1, -0.05) is 0 Å². The number of benzene rings is 1. The van der Waals surface area contributed by atoms with Crippen LogP contribution in [-0.4, -0.2) is 12.0 Å². The van der Waals surface area contributed by atoms with Gasteiger partial charge in [-0.25, -0.2) is 0 Å². The molecule has 1 N–H and O–H groups in total. The molecule has 0 bridgehead atoms. The molecule has 1 aromatic rings. The highest BCUT2D eigenvalue weighted by atomic mass is 19.4. The Kier molecular flexibility index (Phi) is 5.26. The van der Waals surface area contributed by atoms with E-state index in [2.05, 4.69) is 0 Å². The van der Waals surface area contributed by atoms with E-state index in [9.17, 15) is 44.3 Å². The molecule has 0 radical (unpaired) electrons. The molecule has 0 amide bonds. The van der Waals surface area contributed by atoms with E-state index in [-0.39, 0.29) is 24.3 Å². The first kappa shape index (κ1) is 19.8. The van der Waals surface area contributed by atoms with Gasteiger partial charge in [-0.05, 0) is 25.1 Å². The minimum absolute atomic E-state index is 0.0214. The number of alkyl halides is 9. The van der Waals surface area contributed by atoms with Gasteiger partial charge in [-0.3, -0.25) is 4.79 Å². The van der Waals surface area contributed by atoms with Crippen LogP contribution in [0.4, 0.5) is 45.2 Å². The van der Waals surface area contributed by atoms with E-state index in [1.165, 1.54) is 0 Å². The summed E-state index contributed by atoms with van der Waals surface area (Å²) in [5.41, 5.74) is -4.63. The summed E-state index contributed by atoms with van der Waals surface area (Å²) in [6.07, 6.45) is -15.4. The second-order valence-corrected chi connectivity index (χ2v) is 4.61. The SMILES string of the molecule is C/C(=C/C(=O)C(F)(F)F)Nc1cc(C(F)(F)F)cc(C(F)(F)F)c1. The van der Waals surface area contributed by atoms with Crippen molar-refractivity contribution in [2.45, 2.75) is 25.5 Å². The van der Waals surface area contributed by atoms with Gasteiger partial charge in [0.2, 0.25) is 0 Å². The smallest absolute Gasteiger partial charge is 0.359 e. The lowest BCUT2D eigenvalue weighted by atomic mass is 10.1. The predicted octanol–water partition coefficient (Wildman–Crippen LogP) is 5.17. The van der Waals surface area contributed by atoms with Crippen LogP contribution in [0.3, 0.4) is 0 Å². The molecular formula is C13H8F9NO. The molecule has 0 heterocycles. The van der Waals surface area contributed by atoms with Gasteiger partial charge < -0.3 is 5.32 Å². The summed E-state index contributed by atoms with van der Waals surface area (Å²) in [6, 6.07) is 0.431. The fourth-order valence-corrected chi connectivity index (χ4v) is 1.57. The van der Waals surface area contributed by atoms with Gasteiger partial charge >= 0.3 is 18.5 Å². The van der Waals surface area contributed by atoms with E-state index < -0.39 is 46.8 Å². The number of halogens is 9. The minimum atomic E-state index is -5.21. The average molecular weight is 365 g/mol. The number of rotatable bonds is 3. The van der Waals surface area contributed by atoms with Crippen molar-refractivity contribution in [1.29, 1.82) is 0 Å². The third-order valence-corrected chi connectivity index (χ3v) is 2.56. The van der Waals surface area contributed by atoms with E-state index in [1.807, 2.05) is 5.32 Å². The molecule has 0 aliphatic carbocycles. The summed E-state index contributed by atoms with van der Waals surface area (Å²) in [4.78, 5) is 10.7. The van der Waals surface area contributed by atoms with Gasteiger partial charge in [0.15, 0.2) is 0 Å². The number of nitrogens with one attached hydrogen (secondary N) is 1. The van der Waals surface area contributed by atoms with Crippen LogP contribution in [0, 0.1) is 0 Å². The van der Waals surface area contributed by atoms with E-state index in [4.69, 9.17) is 0 Å². The maximum Gasteiger partial charge on any atom is 0.454 e. The van der Waals surface area contributed by atoms with Crippen LogP contribution in [0.2, 0.25) is 0 Å². The summed E-state index contributed by atoms with van der Waals surface area (Å²) in [7, 11) is 0. The zero-order valence-corrected chi connectivity index (χ0v) is 11.6. The van der Waals surface area contributed by atoms with Crippen molar-refractivity contribution in [2.75, 3.05) is 5.32 Å².